The number of carbonyl (C=O) groups excluding carboxylic acids is 2. The number of amides is 3. The number of aromatic nitrogens is 1. The highest BCUT2D eigenvalue weighted by molar-refractivity contribution is 7.87. The van der Waals surface area contributed by atoms with E-state index in [1.807, 2.05) is 0 Å². The molecule has 1 fully saturated rings. The zero-order valence-electron chi connectivity index (χ0n) is 15.3. The van der Waals surface area contributed by atoms with Gasteiger partial charge in [-0.3, -0.25) is 4.79 Å². The lowest BCUT2D eigenvalue weighted by Crippen LogP contribution is -2.36. The largest absolute Gasteiger partial charge is 0.363 e. The molecule has 0 bridgehead atoms. The van der Waals surface area contributed by atoms with Crippen molar-refractivity contribution in [1.82, 2.24) is 19.5 Å². The van der Waals surface area contributed by atoms with E-state index in [-0.39, 0.29) is 23.2 Å². The number of benzene rings is 1. The molecule has 2 heterocycles. The first-order valence-electron chi connectivity index (χ1n) is 8.70. The third kappa shape index (κ3) is 4.56. The van der Waals surface area contributed by atoms with E-state index in [2.05, 4.69) is 10.6 Å². The lowest BCUT2D eigenvalue weighted by Gasteiger charge is -2.14. The van der Waals surface area contributed by atoms with Crippen molar-refractivity contribution < 1.29 is 28.2 Å². The minimum atomic E-state index is -4.21. The molecule has 0 radical (unpaired) electrons. The number of carbonyl (C=O) groups is 2. The standard InChI is InChI=1S/C17H21N5O6S/c18-29(27,28)22-8-5-13(14(22)16(24)25)11-1-3-12(4-2-11)15(23)19-6-9-21-10-7-20-17(21)26/h1-5,8,16,24-25H,6-7,9-10H2,(H,19,23)(H,20,26)(H2,18,27,28). The van der Waals surface area contributed by atoms with Gasteiger partial charge in [-0.05, 0) is 23.8 Å². The number of rotatable bonds is 7. The van der Waals surface area contributed by atoms with Crippen molar-refractivity contribution in [2.75, 3.05) is 26.2 Å². The maximum absolute atomic E-state index is 12.2. The molecule has 29 heavy (non-hydrogen) atoms. The van der Waals surface area contributed by atoms with Crippen LogP contribution in [0.15, 0.2) is 36.5 Å². The van der Waals surface area contributed by atoms with Crippen molar-refractivity contribution in [3.05, 3.63) is 47.8 Å². The van der Waals surface area contributed by atoms with E-state index in [9.17, 15) is 28.2 Å². The second-order valence-corrected chi connectivity index (χ2v) is 7.80. The summed E-state index contributed by atoms with van der Waals surface area (Å²) in [5, 5.41) is 29.6. The zero-order chi connectivity index (χ0) is 21.2. The molecule has 6 N–H and O–H groups in total. The second-order valence-electron chi connectivity index (χ2n) is 6.38. The number of aliphatic hydroxyl groups is 2. The highest BCUT2D eigenvalue weighted by atomic mass is 32.2. The summed E-state index contributed by atoms with van der Waals surface area (Å²) in [4.78, 5) is 25.3. The average molecular weight is 423 g/mol. The fourth-order valence-corrected chi connectivity index (χ4v) is 3.77. The number of hydrogen-bond donors (Lipinski definition) is 5. The lowest BCUT2D eigenvalue weighted by molar-refractivity contribution is -0.0458. The summed E-state index contributed by atoms with van der Waals surface area (Å²) in [5.41, 5.74) is 0.784. The smallest absolute Gasteiger partial charge is 0.317 e. The van der Waals surface area contributed by atoms with Gasteiger partial charge in [0.25, 0.3) is 5.91 Å². The zero-order valence-corrected chi connectivity index (χ0v) is 16.1. The van der Waals surface area contributed by atoms with E-state index in [0.717, 1.165) is 6.20 Å². The Balaban J connectivity index is 1.71. The molecule has 11 nitrogen and oxygen atoms in total. The van der Waals surface area contributed by atoms with Crippen LogP contribution in [0.3, 0.4) is 0 Å². The molecule has 0 aliphatic carbocycles. The molecule has 0 spiro atoms. The third-order valence-corrected chi connectivity index (χ3v) is 5.35. The van der Waals surface area contributed by atoms with Gasteiger partial charge in [0.2, 0.25) is 0 Å². The Kier molecular flexibility index (Phi) is 5.88. The molecule has 3 amide bonds. The molecule has 3 rings (SSSR count). The Labute approximate surface area is 166 Å². The first kappa shape index (κ1) is 20.8. The van der Waals surface area contributed by atoms with E-state index >= 15 is 0 Å². The van der Waals surface area contributed by atoms with E-state index in [1.54, 1.807) is 17.0 Å². The van der Waals surface area contributed by atoms with Gasteiger partial charge in [-0.15, -0.1) is 0 Å². The van der Waals surface area contributed by atoms with E-state index in [4.69, 9.17) is 5.14 Å². The Morgan fingerprint density at radius 2 is 1.93 bits per heavy atom. The average Bonchev–Trinajstić information content (AvgIpc) is 3.28. The van der Waals surface area contributed by atoms with Crippen LogP contribution in [0, 0.1) is 0 Å². The van der Waals surface area contributed by atoms with Crippen LogP contribution in [-0.2, 0) is 10.2 Å². The van der Waals surface area contributed by atoms with Crippen LogP contribution in [-0.4, -0.2) is 65.6 Å². The summed E-state index contributed by atoms with van der Waals surface area (Å²) in [7, 11) is -4.21. The number of nitrogens with zero attached hydrogens (tertiary/aromatic N) is 2. The summed E-state index contributed by atoms with van der Waals surface area (Å²) in [6.07, 6.45) is -0.946. The van der Waals surface area contributed by atoms with Crippen LogP contribution in [0.1, 0.15) is 22.3 Å². The molecule has 0 unspecified atom stereocenters. The molecule has 1 aromatic carbocycles. The topological polar surface area (TPSA) is 167 Å². The quantitative estimate of drug-likeness (QED) is 0.356. The Morgan fingerprint density at radius 1 is 1.24 bits per heavy atom. The molecule has 12 heteroatoms. The number of urea groups is 1. The van der Waals surface area contributed by atoms with Gasteiger partial charge in [0.1, 0.15) is 0 Å². The molecule has 156 valence electrons. The van der Waals surface area contributed by atoms with Gasteiger partial charge in [0.15, 0.2) is 6.29 Å². The Morgan fingerprint density at radius 3 is 2.48 bits per heavy atom. The summed E-state index contributed by atoms with van der Waals surface area (Å²) < 4.78 is 23.8. The fraction of sp³-hybridized carbons (Fsp3) is 0.294. The minimum absolute atomic E-state index is 0.156. The van der Waals surface area contributed by atoms with E-state index < -0.39 is 16.5 Å². The van der Waals surface area contributed by atoms with Crippen LogP contribution in [0.4, 0.5) is 4.79 Å². The van der Waals surface area contributed by atoms with Crippen LogP contribution in [0.5, 0.6) is 0 Å². The van der Waals surface area contributed by atoms with Crippen LogP contribution in [0.2, 0.25) is 0 Å². The number of aliphatic hydroxyl groups excluding tert-OH is 1. The maximum atomic E-state index is 12.2. The number of nitrogens with one attached hydrogen (secondary N) is 2. The fourth-order valence-electron chi connectivity index (χ4n) is 3.08. The van der Waals surface area contributed by atoms with Gasteiger partial charge < -0.3 is 25.7 Å². The molecule has 1 saturated heterocycles. The van der Waals surface area contributed by atoms with E-state index in [1.165, 1.54) is 18.2 Å². The van der Waals surface area contributed by atoms with Crippen molar-refractivity contribution >= 4 is 22.1 Å². The van der Waals surface area contributed by atoms with Gasteiger partial charge in [0.05, 0.1) is 5.69 Å². The summed E-state index contributed by atoms with van der Waals surface area (Å²) in [6.45, 7) is 1.88. The van der Waals surface area contributed by atoms with Crippen molar-refractivity contribution in [3.63, 3.8) is 0 Å². The van der Waals surface area contributed by atoms with Crippen molar-refractivity contribution in [3.8, 4) is 11.1 Å². The van der Waals surface area contributed by atoms with Gasteiger partial charge in [0, 0.05) is 43.5 Å². The predicted octanol–water partition coefficient (Wildman–Crippen LogP) is -1.06. The molecule has 2 aromatic rings. The highest BCUT2D eigenvalue weighted by Gasteiger charge is 2.22. The molecule has 1 aliphatic heterocycles. The van der Waals surface area contributed by atoms with Gasteiger partial charge in [-0.25, -0.2) is 13.9 Å². The summed E-state index contributed by atoms with van der Waals surface area (Å²) in [5.74, 6) is -0.333. The van der Waals surface area contributed by atoms with Crippen molar-refractivity contribution in [2.45, 2.75) is 6.29 Å². The Bertz CT molecular complexity index is 1020. The van der Waals surface area contributed by atoms with E-state index in [0.29, 0.717) is 41.3 Å². The Hall–Kier alpha value is -2.93. The SMILES string of the molecule is NS(=O)(=O)n1ccc(-c2ccc(C(=O)NCCN3CCNC3=O)cc2)c1C(O)O. The van der Waals surface area contributed by atoms with Crippen LogP contribution >= 0.6 is 0 Å². The normalized spacial score (nSPS) is 14.3. The number of hydrogen-bond acceptors (Lipinski definition) is 6. The highest BCUT2D eigenvalue weighted by Crippen LogP contribution is 2.29. The van der Waals surface area contributed by atoms with Crippen LogP contribution in [0.25, 0.3) is 11.1 Å². The molecular formula is C17H21N5O6S. The van der Waals surface area contributed by atoms with Gasteiger partial charge in [-0.2, -0.15) is 8.42 Å². The van der Waals surface area contributed by atoms with Gasteiger partial charge in [-0.1, -0.05) is 12.1 Å². The second kappa shape index (κ2) is 8.21. The molecule has 1 aromatic heterocycles. The van der Waals surface area contributed by atoms with Gasteiger partial charge >= 0.3 is 16.2 Å². The first-order valence-corrected chi connectivity index (χ1v) is 10.2. The number of nitrogens with two attached hydrogens (primary N) is 1. The third-order valence-electron chi connectivity index (χ3n) is 4.48. The van der Waals surface area contributed by atoms with Crippen LogP contribution < -0.4 is 15.8 Å². The first-order chi connectivity index (χ1) is 13.7. The summed E-state index contributed by atoms with van der Waals surface area (Å²) in [6, 6.07) is 7.38. The lowest BCUT2D eigenvalue weighted by atomic mass is 10.0. The minimum Gasteiger partial charge on any atom is -0.363 e. The van der Waals surface area contributed by atoms with Crippen molar-refractivity contribution in [1.29, 1.82) is 0 Å². The maximum Gasteiger partial charge on any atom is 0.317 e. The monoisotopic (exact) mass is 423 g/mol. The summed E-state index contributed by atoms with van der Waals surface area (Å²) >= 11 is 0. The molecule has 0 saturated carbocycles. The molecule has 0 atom stereocenters. The molecule has 1 aliphatic rings. The molecular weight excluding hydrogens is 402 g/mol. The predicted molar refractivity (Wildman–Crippen MR) is 103 cm³/mol. The van der Waals surface area contributed by atoms with Crippen molar-refractivity contribution in [2.24, 2.45) is 5.14 Å².